The van der Waals surface area contributed by atoms with Gasteiger partial charge in [-0.25, -0.2) is 0 Å². The normalized spacial score (nSPS) is 10.1. The highest BCUT2D eigenvalue weighted by Gasteiger charge is 2.02. The first-order chi connectivity index (χ1) is 12.2. The number of hydrogen-bond acceptors (Lipinski definition) is 2. The molecule has 126 valence electrons. The molecule has 3 rings (SSSR count). The zero-order chi connectivity index (χ0) is 17.5. The predicted molar refractivity (Wildman–Crippen MR) is 109 cm³/mol. The first kappa shape index (κ1) is 17.3. The highest BCUT2D eigenvalue weighted by Crippen LogP contribution is 2.20. The van der Waals surface area contributed by atoms with Crippen LogP contribution in [0.1, 0.15) is 5.56 Å². The molecule has 0 aromatic heterocycles. The first-order valence-electron chi connectivity index (χ1n) is 7.80. The molecule has 0 atom stereocenters. The van der Waals surface area contributed by atoms with E-state index in [0.717, 1.165) is 22.7 Å². The Bertz CT molecular complexity index is 838. The third-order valence-electron chi connectivity index (χ3n) is 3.50. The van der Waals surface area contributed by atoms with E-state index in [1.54, 1.807) is 0 Å². The highest BCUT2D eigenvalue weighted by molar-refractivity contribution is 7.80. The molecule has 0 fully saturated rings. The van der Waals surface area contributed by atoms with Gasteiger partial charge in [-0.05, 0) is 54.7 Å². The van der Waals surface area contributed by atoms with Crippen LogP contribution in [0.5, 0.6) is 5.75 Å². The number of anilines is 2. The molecule has 0 saturated carbocycles. The molecule has 5 heteroatoms. The van der Waals surface area contributed by atoms with Gasteiger partial charge in [0.2, 0.25) is 0 Å². The van der Waals surface area contributed by atoms with Crippen LogP contribution in [0.2, 0.25) is 5.02 Å². The van der Waals surface area contributed by atoms with Gasteiger partial charge in [0, 0.05) is 22.0 Å². The maximum Gasteiger partial charge on any atom is 0.175 e. The van der Waals surface area contributed by atoms with Crippen LogP contribution in [0.15, 0.2) is 78.9 Å². The maximum atomic E-state index is 6.13. The van der Waals surface area contributed by atoms with Gasteiger partial charge < -0.3 is 15.4 Å². The van der Waals surface area contributed by atoms with Crippen LogP contribution in [-0.2, 0) is 6.61 Å². The molecule has 0 bridgehead atoms. The fourth-order valence-corrected chi connectivity index (χ4v) is 2.65. The van der Waals surface area contributed by atoms with Gasteiger partial charge in [0.15, 0.2) is 5.11 Å². The number of rotatable bonds is 5. The number of thiocarbonyl (C=S) groups is 1. The van der Waals surface area contributed by atoms with Crippen molar-refractivity contribution in [2.75, 3.05) is 10.6 Å². The number of benzene rings is 3. The largest absolute Gasteiger partial charge is 0.489 e. The average molecular weight is 369 g/mol. The minimum Gasteiger partial charge on any atom is -0.489 e. The molecular weight excluding hydrogens is 352 g/mol. The van der Waals surface area contributed by atoms with Crippen molar-refractivity contribution in [1.82, 2.24) is 0 Å². The molecule has 0 aliphatic heterocycles. The number of ether oxygens (including phenoxy) is 1. The topological polar surface area (TPSA) is 33.3 Å². The van der Waals surface area contributed by atoms with Gasteiger partial charge in [-0.15, -0.1) is 0 Å². The third-order valence-corrected chi connectivity index (χ3v) is 4.07. The van der Waals surface area contributed by atoms with Gasteiger partial charge in [0.05, 0.1) is 0 Å². The molecule has 0 aliphatic rings. The first-order valence-corrected chi connectivity index (χ1v) is 8.59. The van der Waals surface area contributed by atoms with Crippen molar-refractivity contribution in [3.05, 3.63) is 89.4 Å². The quantitative estimate of drug-likeness (QED) is 0.563. The standard InChI is InChI=1S/C20H17ClN2OS/c21-19-9-5-4-6-15(19)14-24-18-12-10-17(11-13-18)23-20(25)22-16-7-2-1-3-8-16/h1-13H,14H2,(H2,22,23,25). The van der Waals surface area contributed by atoms with Crippen molar-refractivity contribution in [2.45, 2.75) is 6.61 Å². The van der Waals surface area contributed by atoms with E-state index in [2.05, 4.69) is 10.6 Å². The van der Waals surface area contributed by atoms with Crippen molar-refractivity contribution in [3.63, 3.8) is 0 Å². The molecule has 3 aromatic rings. The summed E-state index contributed by atoms with van der Waals surface area (Å²) in [6.45, 7) is 0.431. The van der Waals surface area contributed by atoms with E-state index in [0.29, 0.717) is 16.7 Å². The second-order valence-electron chi connectivity index (χ2n) is 5.35. The van der Waals surface area contributed by atoms with E-state index in [9.17, 15) is 0 Å². The van der Waals surface area contributed by atoms with Crippen molar-refractivity contribution in [1.29, 1.82) is 0 Å². The van der Waals surface area contributed by atoms with Crippen LogP contribution in [0.4, 0.5) is 11.4 Å². The van der Waals surface area contributed by atoms with Crippen LogP contribution in [0.3, 0.4) is 0 Å². The lowest BCUT2D eigenvalue weighted by atomic mass is 10.2. The Morgan fingerprint density at radius 1 is 0.800 bits per heavy atom. The smallest absolute Gasteiger partial charge is 0.175 e. The van der Waals surface area contributed by atoms with E-state index < -0.39 is 0 Å². The highest BCUT2D eigenvalue weighted by atomic mass is 35.5. The molecule has 0 heterocycles. The van der Waals surface area contributed by atoms with E-state index in [4.69, 9.17) is 28.6 Å². The van der Waals surface area contributed by atoms with Crippen molar-refractivity contribution in [2.24, 2.45) is 0 Å². The summed E-state index contributed by atoms with van der Waals surface area (Å²) in [7, 11) is 0. The van der Waals surface area contributed by atoms with E-state index in [1.807, 2.05) is 78.9 Å². The molecule has 3 nitrogen and oxygen atoms in total. The monoisotopic (exact) mass is 368 g/mol. The number of halogens is 1. The summed E-state index contributed by atoms with van der Waals surface area (Å²) in [5.74, 6) is 0.771. The zero-order valence-electron chi connectivity index (χ0n) is 13.4. The third kappa shape index (κ3) is 5.21. The van der Waals surface area contributed by atoms with Gasteiger partial charge in [0.25, 0.3) is 0 Å². The van der Waals surface area contributed by atoms with Crippen molar-refractivity contribution in [3.8, 4) is 5.75 Å². The van der Waals surface area contributed by atoms with Crippen LogP contribution < -0.4 is 15.4 Å². The molecule has 0 radical (unpaired) electrons. The van der Waals surface area contributed by atoms with Crippen molar-refractivity contribution >= 4 is 40.3 Å². The van der Waals surface area contributed by atoms with E-state index in [1.165, 1.54) is 0 Å². The number of hydrogen-bond donors (Lipinski definition) is 2. The Morgan fingerprint density at radius 3 is 2.08 bits per heavy atom. The molecule has 0 spiro atoms. The number of nitrogens with one attached hydrogen (secondary N) is 2. The molecule has 2 N–H and O–H groups in total. The van der Waals surface area contributed by atoms with Crippen LogP contribution >= 0.6 is 23.8 Å². The molecule has 25 heavy (non-hydrogen) atoms. The van der Waals surface area contributed by atoms with E-state index >= 15 is 0 Å². The van der Waals surface area contributed by atoms with Gasteiger partial charge in [-0.3, -0.25) is 0 Å². The fraction of sp³-hybridized carbons (Fsp3) is 0.0500. The number of para-hydroxylation sites is 1. The zero-order valence-corrected chi connectivity index (χ0v) is 15.0. The second-order valence-corrected chi connectivity index (χ2v) is 6.17. The Balaban J connectivity index is 1.53. The summed E-state index contributed by atoms with van der Waals surface area (Å²) < 4.78 is 5.77. The van der Waals surface area contributed by atoms with Crippen molar-refractivity contribution < 1.29 is 4.74 Å². The van der Waals surface area contributed by atoms with Gasteiger partial charge >= 0.3 is 0 Å². The minimum absolute atomic E-state index is 0.431. The minimum atomic E-state index is 0.431. The second kappa shape index (κ2) is 8.51. The average Bonchev–Trinajstić information content (AvgIpc) is 2.63. The summed E-state index contributed by atoms with van der Waals surface area (Å²) >= 11 is 11.4. The Kier molecular flexibility index (Phi) is 5.88. The molecular formula is C20H17ClN2OS. The lowest BCUT2D eigenvalue weighted by Crippen LogP contribution is -2.18. The summed E-state index contributed by atoms with van der Waals surface area (Å²) in [5, 5.41) is 7.52. The summed E-state index contributed by atoms with van der Waals surface area (Å²) in [6, 6.07) is 25.1. The SMILES string of the molecule is S=C(Nc1ccccc1)Nc1ccc(OCc2ccccc2Cl)cc1. The van der Waals surface area contributed by atoms with E-state index in [-0.39, 0.29) is 0 Å². The lowest BCUT2D eigenvalue weighted by Gasteiger charge is -2.12. The Morgan fingerprint density at radius 2 is 1.40 bits per heavy atom. The Hall–Kier alpha value is -2.56. The predicted octanol–water partition coefficient (Wildman–Crippen LogP) is 5.73. The molecule has 3 aromatic carbocycles. The summed E-state index contributed by atoms with van der Waals surface area (Å²) in [5.41, 5.74) is 2.79. The molecule has 0 unspecified atom stereocenters. The van der Waals surface area contributed by atoms with Crippen LogP contribution in [-0.4, -0.2) is 5.11 Å². The Labute approximate surface area is 157 Å². The molecule has 0 saturated heterocycles. The summed E-state index contributed by atoms with van der Waals surface area (Å²) in [4.78, 5) is 0. The maximum absolute atomic E-state index is 6.13. The van der Waals surface area contributed by atoms with Gasteiger partial charge in [0.1, 0.15) is 12.4 Å². The lowest BCUT2D eigenvalue weighted by molar-refractivity contribution is 0.306. The molecule has 0 aliphatic carbocycles. The van der Waals surface area contributed by atoms with Crippen LogP contribution in [0.25, 0.3) is 0 Å². The van der Waals surface area contributed by atoms with Gasteiger partial charge in [-0.2, -0.15) is 0 Å². The fourth-order valence-electron chi connectivity index (χ4n) is 2.23. The summed E-state index contributed by atoms with van der Waals surface area (Å²) in [6.07, 6.45) is 0. The van der Waals surface area contributed by atoms with Crippen LogP contribution in [0, 0.1) is 0 Å². The van der Waals surface area contributed by atoms with Gasteiger partial charge in [-0.1, -0.05) is 48.0 Å². The molecule has 0 amide bonds.